The molecule has 3 nitrogen and oxygen atoms in total. The predicted molar refractivity (Wildman–Crippen MR) is 66.0 cm³/mol. The van der Waals surface area contributed by atoms with Gasteiger partial charge in [-0.05, 0) is 30.9 Å². The summed E-state index contributed by atoms with van der Waals surface area (Å²) in [5.41, 5.74) is 5.31. The molecule has 3 N–H and O–H groups in total. The van der Waals surface area contributed by atoms with Crippen LogP contribution in [-0.2, 0) is 4.79 Å². The van der Waals surface area contributed by atoms with Crippen molar-refractivity contribution in [1.29, 1.82) is 0 Å². The van der Waals surface area contributed by atoms with Gasteiger partial charge in [-0.3, -0.25) is 4.79 Å². The van der Waals surface area contributed by atoms with E-state index in [0.29, 0.717) is 12.3 Å². The summed E-state index contributed by atoms with van der Waals surface area (Å²) in [7, 11) is 0. The zero-order chi connectivity index (χ0) is 13.1. The minimum atomic E-state index is -1.10. The molecule has 0 aromatic heterocycles. The minimum absolute atomic E-state index is 0.0358. The first kappa shape index (κ1) is 12.8. The molecule has 1 aliphatic carbocycles. The van der Waals surface area contributed by atoms with Crippen LogP contribution >= 0.6 is 0 Å². The van der Waals surface area contributed by atoms with Gasteiger partial charge >= 0.3 is 0 Å². The predicted octanol–water partition coefficient (Wildman–Crippen LogP) is 3.07. The second-order valence-corrected chi connectivity index (χ2v) is 4.73. The van der Waals surface area contributed by atoms with Gasteiger partial charge in [-0.2, -0.15) is 0 Å². The van der Waals surface area contributed by atoms with Gasteiger partial charge in [0.2, 0.25) is 5.91 Å². The molecule has 1 aromatic rings. The van der Waals surface area contributed by atoms with E-state index in [1.807, 2.05) is 0 Å². The zero-order valence-corrected chi connectivity index (χ0v) is 10.0. The first-order valence-electron chi connectivity index (χ1n) is 6.11. The van der Waals surface area contributed by atoms with Crippen LogP contribution in [0.1, 0.15) is 32.1 Å². The van der Waals surface area contributed by atoms with Gasteiger partial charge < -0.3 is 11.1 Å². The Bertz CT molecular complexity index is 457. The van der Waals surface area contributed by atoms with Gasteiger partial charge in [0.05, 0.1) is 5.69 Å². The number of hydrogen-bond acceptors (Lipinski definition) is 2. The molecule has 0 unspecified atom stereocenters. The fourth-order valence-corrected chi connectivity index (χ4v) is 2.36. The van der Waals surface area contributed by atoms with Crippen LogP contribution < -0.4 is 11.1 Å². The number of carbonyl (C=O) groups excluding carboxylic acids is 1. The quantitative estimate of drug-likeness (QED) is 0.814. The largest absolute Gasteiger partial charge is 0.397 e. The van der Waals surface area contributed by atoms with Crippen molar-refractivity contribution < 1.29 is 13.6 Å². The fraction of sp³-hybridized carbons (Fsp3) is 0.462. The molecule has 98 valence electrons. The molecule has 0 radical (unpaired) electrons. The van der Waals surface area contributed by atoms with Gasteiger partial charge in [-0.15, -0.1) is 0 Å². The van der Waals surface area contributed by atoms with E-state index in [2.05, 4.69) is 5.32 Å². The van der Waals surface area contributed by atoms with Crippen LogP contribution in [0, 0.1) is 17.6 Å². The Labute approximate surface area is 104 Å². The van der Waals surface area contributed by atoms with E-state index in [9.17, 15) is 13.6 Å². The molecule has 1 fully saturated rings. The van der Waals surface area contributed by atoms with Gasteiger partial charge in [0.1, 0.15) is 5.69 Å². The molecule has 18 heavy (non-hydrogen) atoms. The SMILES string of the molecule is Nc1ccc(F)c(F)c1NC(=O)CC1CCCC1. The number of benzene rings is 1. The second-order valence-electron chi connectivity index (χ2n) is 4.73. The molecule has 1 amide bonds. The highest BCUT2D eigenvalue weighted by atomic mass is 19.2. The number of halogens is 2. The lowest BCUT2D eigenvalue weighted by Gasteiger charge is -2.12. The lowest BCUT2D eigenvalue weighted by molar-refractivity contribution is -0.117. The molecule has 1 saturated carbocycles. The summed E-state index contributed by atoms with van der Waals surface area (Å²) in [5.74, 6) is -2.07. The maximum absolute atomic E-state index is 13.5. The monoisotopic (exact) mass is 254 g/mol. The number of amides is 1. The fourth-order valence-electron chi connectivity index (χ4n) is 2.36. The second kappa shape index (κ2) is 5.33. The summed E-state index contributed by atoms with van der Waals surface area (Å²) in [6.45, 7) is 0. The highest BCUT2D eigenvalue weighted by Crippen LogP contribution is 2.29. The Morgan fingerprint density at radius 3 is 2.67 bits per heavy atom. The van der Waals surface area contributed by atoms with Crippen molar-refractivity contribution in [3.05, 3.63) is 23.8 Å². The van der Waals surface area contributed by atoms with Gasteiger partial charge in [0.25, 0.3) is 0 Å². The molecule has 0 aliphatic heterocycles. The molecule has 0 saturated heterocycles. The first-order valence-corrected chi connectivity index (χ1v) is 6.11. The number of carbonyl (C=O) groups is 1. The van der Waals surface area contributed by atoms with E-state index >= 15 is 0 Å². The van der Waals surface area contributed by atoms with Gasteiger partial charge in [0.15, 0.2) is 11.6 Å². The molecular formula is C13H16F2N2O. The maximum atomic E-state index is 13.5. The van der Waals surface area contributed by atoms with Crippen molar-refractivity contribution in [2.24, 2.45) is 5.92 Å². The van der Waals surface area contributed by atoms with Crippen LogP contribution in [0.3, 0.4) is 0 Å². The number of rotatable bonds is 3. The normalized spacial score (nSPS) is 15.9. The van der Waals surface area contributed by atoms with Crippen LogP contribution in [0.25, 0.3) is 0 Å². The van der Waals surface area contributed by atoms with Gasteiger partial charge in [-0.1, -0.05) is 12.8 Å². The summed E-state index contributed by atoms with van der Waals surface area (Å²) in [6.07, 6.45) is 4.65. The molecular weight excluding hydrogens is 238 g/mol. The lowest BCUT2D eigenvalue weighted by Crippen LogP contribution is -2.17. The minimum Gasteiger partial charge on any atom is -0.397 e. The van der Waals surface area contributed by atoms with E-state index in [0.717, 1.165) is 31.7 Å². The van der Waals surface area contributed by atoms with E-state index in [4.69, 9.17) is 5.73 Å². The Morgan fingerprint density at radius 2 is 2.00 bits per heavy atom. The number of nitrogen functional groups attached to an aromatic ring is 1. The van der Waals surface area contributed by atoms with E-state index in [1.165, 1.54) is 6.07 Å². The van der Waals surface area contributed by atoms with Crippen molar-refractivity contribution in [2.45, 2.75) is 32.1 Å². The molecule has 1 aliphatic rings. The first-order chi connectivity index (χ1) is 8.58. The van der Waals surface area contributed by atoms with Crippen molar-refractivity contribution >= 4 is 17.3 Å². The Kier molecular flexibility index (Phi) is 3.79. The van der Waals surface area contributed by atoms with Crippen molar-refractivity contribution in [2.75, 3.05) is 11.1 Å². The summed E-state index contributed by atoms with van der Waals surface area (Å²) in [5, 5.41) is 2.37. The van der Waals surface area contributed by atoms with Gasteiger partial charge in [0, 0.05) is 6.42 Å². The number of hydrogen-bond donors (Lipinski definition) is 2. The number of anilines is 2. The summed E-state index contributed by atoms with van der Waals surface area (Å²) in [6, 6.07) is 2.18. The summed E-state index contributed by atoms with van der Waals surface area (Å²) >= 11 is 0. The molecule has 0 bridgehead atoms. The maximum Gasteiger partial charge on any atom is 0.224 e. The third kappa shape index (κ3) is 2.78. The van der Waals surface area contributed by atoms with Gasteiger partial charge in [-0.25, -0.2) is 8.78 Å². The zero-order valence-electron chi connectivity index (χ0n) is 10.0. The topological polar surface area (TPSA) is 55.1 Å². The van der Waals surface area contributed by atoms with Crippen LogP contribution in [-0.4, -0.2) is 5.91 Å². The highest BCUT2D eigenvalue weighted by molar-refractivity contribution is 5.94. The van der Waals surface area contributed by atoms with Crippen LogP contribution in [0.2, 0.25) is 0 Å². The van der Waals surface area contributed by atoms with Crippen LogP contribution in [0.4, 0.5) is 20.2 Å². The average Bonchev–Trinajstić information content (AvgIpc) is 2.82. The summed E-state index contributed by atoms with van der Waals surface area (Å²) in [4.78, 5) is 11.7. The Morgan fingerprint density at radius 1 is 1.33 bits per heavy atom. The molecule has 1 aromatic carbocycles. The number of nitrogens with two attached hydrogens (primary N) is 1. The van der Waals surface area contributed by atoms with Crippen LogP contribution in [0.15, 0.2) is 12.1 Å². The van der Waals surface area contributed by atoms with Crippen molar-refractivity contribution in [3.63, 3.8) is 0 Å². The van der Waals surface area contributed by atoms with Crippen LogP contribution in [0.5, 0.6) is 0 Å². The third-order valence-corrected chi connectivity index (χ3v) is 3.34. The lowest BCUT2D eigenvalue weighted by atomic mass is 10.0. The van der Waals surface area contributed by atoms with Crippen molar-refractivity contribution in [3.8, 4) is 0 Å². The van der Waals surface area contributed by atoms with E-state index in [1.54, 1.807) is 0 Å². The molecule has 0 heterocycles. The molecule has 0 atom stereocenters. The average molecular weight is 254 g/mol. The van der Waals surface area contributed by atoms with E-state index in [-0.39, 0.29) is 17.3 Å². The smallest absolute Gasteiger partial charge is 0.224 e. The number of nitrogens with one attached hydrogen (secondary N) is 1. The van der Waals surface area contributed by atoms with Crippen molar-refractivity contribution in [1.82, 2.24) is 0 Å². The standard InChI is InChI=1S/C13H16F2N2O/c14-9-5-6-10(16)13(12(9)15)17-11(18)7-8-3-1-2-4-8/h5-6,8H,1-4,7,16H2,(H,17,18). The Balaban J connectivity index is 2.04. The molecule has 0 spiro atoms. The summed E-state index contributed by atoms with van der Waals surface area (Å²) < 4.78 is 26.5. The molecule has 2 rings (SSSR count). The third-order valence-electron chi connectivity index (χ3n) is 3.34. The van der Waals surface area contributed by atoms with E-state index < -0.39 is 11.6 Å². The Hall–Kier alpha value is -1.65. The highest BCUT2D eigenvalue weighted by Gasteiger charge is 2.20. The molecule has 5 heteroatoms.